The van der Waals surface area contributed by atoms with Crippen molar-refractivity contribution in [2.75, 3.05) is 10.7 Å². The van der Waals surface area contributed by atoms with E-state index in [2.05, 4.69) is 10.3 Å². The standard InChI is InChI=1S/C23H24FN3O3S/c24-16-8-10-18(11-9-16)27(23(30)15-13-20(28)31-14-15)21(19-7-3-4-12-25-19)22(29)26-17-5-1-2-6-17/h3-4,7-12,15,17,21H,1-2,5-6,13-14H2,(H,26,29)/t15-,21-/m0/s1. The van der Waals surface area contributed by atoms with Crippen LogP contribution in [0, 0.1) is 11.7 Å². The molecule has 4 rings (SSSR count). The molecule has 2 aliphatic rings. The van der Waals surface area contributed by atoms with E-state index in [9.17, 15) is 18.8 Å². The Balaban J connectivity index is 1.74. The molecule has 1 saturated heterocycles. The summed E-state index contributed by atoms with van der Waals surface area (Å²) < 4.78 is 13.6. The monoisotopic (exact) mass is 441 g/mol. The molecule has 2 heterocycles. The van der Waals surface area contributed by atoms with Crippen molar-refractivity contribution in [2.24, 2.45) is 5.92 Å². The van der Waals surface area contributed by atoms with Gasteiger partial charge < -0.3 is 5.32 Å². The summed E-state index contributed by atoms with van der Waals surface area (Å²) in [5, 5.41) is 3.03. The Bertz CT molecular complexity index is 948. The van der Waals surface area contributed by atoms with Crippen molar-refractivity contribution in [3.05, 3.63) is 60.2 Å². The Hall–Kier alpha value is -2.74. The first-order valence-electron chi connectivity index (χ1n) is 10.5. The second kappa shape index (κ2) is 9.60. The molecule has 0 bridgehead atoms. The van der Waals surface area contributed by atoms with Crippen LogP contribution < -0.4 is 10.2 Å². The Labute approximate surface area is 184 Å². The molecule has 1 saturated carbocycles. The number of rotatable bonds is 6. The maximum absolute atomic E-state index is 13.6. The van der Waals surface area contributed by atoms with Gasteiger partial charge in [-0.3, -0.25) is 24.3 Å². The van der Waals surface area contributed by atoms with Crippen molar-refractivity contribution in [1.82, 2.24) is 10.3 Å². The molecule has 0 spiro atoms. The first kappa shape index (κ1) is 21.5. The van der Waals surface area contributed by atoms with Crippen LogP contribution >= 0.6 is 11.8 Å². The summed E-state index contributed by atoms with van der Waals surface area (Å²) in [6, 6.07) is 9.74. The number of hydrogen-bond donors (Lipinski definition) is 1. The van der Waals surface area contributed by atoms with Crippen molar-refractivity contribution in [2.45, 2.75) is 44.2 Å². The summed E-state index contributed by atoms with van der Waals surface area (Å²) >= 11 is 1.13. The summed E-state index contributed by atoms with van der Waals surface area (Å²) in [5.74, 6) is -1.25. The molecule has 1 aromatic heterocycles. The number of pyridine rings is 1. The molecule has 162 valence electrons. The highest BCUT2D eigenvalue weighted by molar-refractivity contribution is 8.14. The second-order valence-corrected chi connectivity index (χ2v) is 8.99. The zero-order valence-corrected chi connectivity index (χ0v) is 17.8. The maximum atomic E-state index is 13.6. The van der Waals surface area contributed by atoms with Crippen molar-refractivity contribution in [3.63, 3.8) is 0 Å². The van der Waals surface area contributed by atoms with Gasteiger partial charge in [-0.2, -0.15) is 0 Å². The van der Waals surface area contributed by atoms with Crippen LogP contribution in [0.5, 0.6) is 0 Å². The van der Waals surface area contributed by atoms with E-state index in [1.165, 1.54) is 29.2 Å². The minimum atomic E-state index is -1.01. The summed E-state index contributed by atoms with van der Waals surface area (Å²) in [4.78, 5) is 44.6. The van der Waals surface area contributed by atoms with Crippen LogP contribution in [0.15, 0.2) is 48.7 Å². The Morgan fingerprint density at radius 3 is 2.48 bits per heavy atom. The van der Waals surface area contributed by atoms with E-state index in [4.69, 9.17) is 0 Å². The molecular formula is C23H24FN3O3S. The van der Waals surface area contributed by atoms with E-state index < -0.39 is 17.8 Å². The van der Waals surface area contributed by atoms with E-state index in [1.54, 1.807) is 24.4 Å². The molecule has 0 unspecified atom stereocenters. The highest BCUT2D eigenvalue weighted by atomic mass is 32.2. The fourth-order valence-electron chi connectivity index (χ4n) is 4.14. The third kappa shape index (κ3) is 4.95. The first-order chi connectivity index (χ1) is 15.0. The lowest BCUT2D eigenvalue weighted by Gasteiger charge is -2.33. The third-order valence-corrected chi connectivity index (χ3v) is 6.78. The largest absolute Gasteiger partial charge is 0.351 e. The van der Waals surface area contributed by atoms with Gasteiger partial charge in [-0.05, 0) is 49.2 Å². The Morgan fingerprint density at radius 2 is 1.87 bits per heavy atom. The van der Waals surface area contributed by atoms with Gasteiger partial charge in [0.05, 0.1) is 11.6 Å². The van der Waals surface area contributed by atoms with Crippen molar-refractivity contribution < 1.29 is 18.8 Å². The number of carbonyl (C=O) groups is 3. The average Bonchev–Trinajstić information content (AvgIpc) is 3.44. The van der Waals surface area contributed by atoms with Gasteiger partial charge in [0.2, 0.25) is 11.8 Å². The van der Waals surface area contributed by atoms with Crippen LogP contribution in [-0.2, 0) is 14.4 Å². The van der Waals surface area contributed by atoms with Crippen LogP contribution in [0.2, 0.25) is 0 Å². The van der Waals surface area contributed by atoms with Gasteiger partial charge in [0, 0.05) is 30.1 Å². The molecule has 2 fully saturated rings. The molecule has 2 atom stereocenters. The number of nitrogens with one attached hydrogen (secondary N) is 1. The Morgan fingerprint density at radius 1 is 1.13 bits per heavy atom. The molecule has 1 aromatic carbocycles. The fourth-order valence-corrected chi connectivity index (χ4v) is 5.11. The lowest BCUT2D eigenvalue weighted by Crippen LogP contribution is -2.48. The van der Waals surface area contributed by atoms with Crippen molar-refractivity contribution in [3.8, 4) is 0 Å². The van der Waals surface area contributed by atoms with Crippen molar-refractivity contribution in [1.29, 1.82) is 0 Å². The van der Waals surface area contributed by atoms with E-state index >= 15 is 0 Å². The summed E-state index contributed by atoms with van der Waals surface area (Å²) in [7, 11) is 0. The minimum absolute atomic E-state index is 0.0396. The first-order valence-corrected chi connectivity index (χ1v) is 11.5. The quantitative estimate of drug-likeness (QED) is 0.741. The normalized spacial score (nSPS) is 19.9. The number of amides is 2. The third-order valence-electron chi connectivity index (χ3n) is 5.73. The van der Waals surface area contributed by atoms with E-state index in [0.717, 1.165) is 37.4 Å². The molecule has 6 nitrogen and oxygen atoms in total. The van der Waals surface area contributed by atoms with Gasteiger partial charge in [-0.15, -0.1) is 0 Å². The van der Waals surface area contributed by atoms with Crippen LogP contribution in [0.4, 0.5) is 10.1 Å². The molecule has 1 aliphatic heterocycles. The van der Waals surface area contributed by atoms with Gasteiger partial charge in [0.1, 0.15) is 5.82 Å². The number of thioether (sulfide) groups is 1. The Kier molecular flexibility index (Phi) is 6.65. The topological polar surface area (TPSA) is 79.4 Å². The number of aromatic nitrogens is 1. The van der Waals surface area contributed by atoms with E-state index in [0.29, 0.717) is 17.1 Å². The highest BCUT2D eigenvalue weighted by Crippen LogP contribution is 2.34. The fraction of sp³-hybridized carbons (Fsp3) is 0.391. The van der Waals surface area contributed by atoms with Crippen LogP contribution in [-0.4, -0.2) is 33.7 Å². The minimum Gasteiger partial charge on any atom is -0.351 e. The summed E-state index contributed by atoms with van der Waals surface area (Å²) in [5.41, 5.74) is 0.820. The van der Waals surface area contributed by atoms with Gasteiger partial charge in [-0.25, -0.2) is 4.39 Å². The van der Waals surface area contributed by atoms with Crippen LogP contribution in [0.1, 0.15) is 43.8 Å². The van der Waals surface area contributed by atoms with E-state index in [1.807, 2.05) is 0 Å². The zero-order chi connectivity index (χ0) is 21.8. The predicted octanol–water partition coefficient (Wildman–Crippen LogP) is 3.63. The lowest BCUT2D eigenvalue weighted by atomic mass is 10.0. The molecule has 1 aliphatic carbocycles. The SMILES string of the molecule is O=C1C[C@H](C(=O)N(c2ccc(F)cc2)[C@H](C(=O)NC2CCCC2)c2ccccn2)CS1. The molecule has 0 radical (unpaired) electrons. The predicted molar refractivity (Wildman–Crippen MR) is 117 cm³/mol. The average molecular weight is 442 g/mol. The maximum Gasteiger partial charge on any atom is 0.249 e. The van der Waals surface area contributed by atoms with Gasteiger partial charge in [-0.1, -0.05) is 30.7 Å². The molecule has 8 heteroatoms. The lowest BCUT2D eigenvalue weighted by molar-refractivity contribution is -0.129. The number of benzene rings is 1. The van der Waals surface area contributed by atoms with Gasteiger partial charge in [0.25, 0.3) is 0 Å². The van der Waals surface area contributed by atoms with Gasteiger partial charge >= 0.3 is 0 Å². The molecule has 31 heavy (non-hydrogen) atoms. The molecule has 2 amide bonds. The van der Waals surface area contributed by atoms with Gasteiger partial charge in [0.15, 0.2) is 11.2 Å². The number of nitrogens with zero attached hydrogens (tertiary/aromatic N) is 2. The number of halogens is 1. The number of carbonyl (C=O) groups excluding carboxylic acids is 3. The molecular weight excluding hydrogens is 417 g/mol. The smallest absolute Gasteiger partial charge is 0.249 e. The highest BCUT2D eigenvalue weighted by Gasteiger charge is 2.40. The van der Waals surface area contributed by atoms with Crippen molar-refractivity contribution >= 4 is 34.4 Å². The number of hydrogen-bond acceptors (Lipinski definition) is 5. The zero-order valence-electron chi connectivity index (χ0n) is 17.0. The summed E-state index contributed by atoms with van der Waals surface area (Å²) in [6.45, 7) is 0. The van der Waals surface area contributed by atoms with Crippen LogP contribution in [0.3, 0.4) is 0 Å². The van der Waals surface area contributed by atoms with E-state index in [-0.39, 0.29) is 29.4 Å². The van der Waals surface area contributed by atoms with Crippen LogP contribution in [0.25, 0.3) is 0 Å². The molecule has 2 aromatic rings. The number of anilines is 1. The second-order valence-electron chi connectivity index (χ2n) is 7.92. The molecule has 1 N–H and O–H groups in total. The summed E-state index contributed by atoms with van der Waals surface area (Å²) in [6.07, 6.45) is 5.62.